The van der Waals surface area contributed by atoms with Gasteiger partial charge in [0.1, 0.15) is 22.3 Å². The zero-order valence-electron chi connectivity index (χ0n) is 19.9. The van der Waals surface area contributed by atoms with E-state index in [9.17, 15) is 17.2 Å². The van der Waals surface area contributed by atoms with Gasteiger partial charge in [-0.1, -0.05) is 39.0 Å². The summed E-state index contributed by atoms with van der Waals surface area (Å²) in [7, 11) is -0.256. The number of sulfone groups is 1. The van der Waals surface area contributed by atoms with Crippen molar-refractivity contribution in [3.05, 3.63) is 72.8 Å². The van der Waals surface area contributed by atoms with Gasteiger partial charge in [0.25, 0.3) is 0 Å². The molecular formula is C24H34F2N2O3S. The molecule has 5 nitrogen and oxygen atoms in total. The SMILES string of the molecule is C=C.CC.CCC(C)=NC(=NC)c1c(F)cccc1F.COc1ccccc1S(C)(=O)=O. The van der Waals surface area contributed by atoms with E-state index in [1.54, 1.807) is 25.1 Å². The van der Waals surface area contributed by atoms with E-state index in [2.05, 4.69) is 23.1 Å². The van der Waals surface area contributed by atoms with E-state index in [-0.39, 0.29) is 16.3 Å². The zero-order chi connectivity index (χ0) is 25.3. The summed E-state index contributed by atoms with van der Waals surface area (Å²) in [5, 5.41) is 0. The highest BCUT2D eigenvalue weighted by Crippen LogP contribution is 2.22. The van der Waals surface area contributed by atoms with Gasteiger partial charge in [-0.25, -0.2) is 22.2 Å². The third-order valence-electron chi connectivity index (χ3n) is 3.68. The first-order valence-corrected chi connectivity index (χ1v) is 11.8. The predicted octanol–water partition coefficient (Wildman–Crippen LogP) is 6.14. The minimum atomic E-state index is -3.17. The smallest absolute Gasteiger partial charge is 0.179 e. The number of amidine groups is 1. The Labute approximate surface area is 191 Å². The summed E-state index contributed by atoms with van der Waals surface area (Å²) < 4.78 is 54.1. The molecule has 2 rings (SSSR count). The number of nitrogens with zero attached hydrogens (tertiary/aromatic N) is 2. The fourth-order valence-corrected chi connectivity index (χ4v) is 2.96. The van der Waals surface area contributed by atoms with Crippen molar-refractivity contribution in [3.8, 4) is 5.75 Å². The normalized spacial score (nSPS) is 11.0. The van der Waals surface area contributed by atoms with Crippen molar-refractivity contribution in [2.24, 2.45) is 9.98 Å². The number of ether oxygens (including phenoxy) is 1. The highest BCUT2D eigenvalue weighted by atomic mass is 32.2. The van der Waals surface area contributed by atoms with Gasteiger partial charge in [-0.05, 0) is 37.6 Å². The third-order valence-corrected chi connectivity index (χ3v) is 4.81. The van der Waals surface area contributed by atoms with Crippen LogP contribution >= 0.6 is 0 Å². The lowest BCUT2D eigenvalue weighted by atomic mass is 10.1. The first-order valence-electron chi connectivity index (χ1n) is 9.94. The summed E-state index contributed by atoms with van der Waals surface area (Å²) in [6.07, 6.45) is 1.87. The van der Waals surface area contributed by atoms with Gasteiger partial charge in [-0.2, -0.15) is 0 Å². The molecule has 0 saturated carbocycles. The molecule has 0 spiro atoms. The Balaban J connectivity index is 0. The second-order valence-corrected chi connectivity index (χ2v) is 7.75. The number of benzene rings is 2. The van der Waals surface area contributed by atoms with E-state index in [0.717, 1.165) is 18.4 Å². The molecule has 32 heavy (non-hydrogen) atoms. The molecule has 0 aliphatic heterocycles. The Morgan fingerprint density at radius 2 is 1.53 bits per heavy atom. The van der Waals surface area contributed by atoms with E-state index >= 15 is 0 Å². The van der Waals surface area contributed by atoms with Gasteiger partial charge in [0.2, 0.25) is 0 Å². The average molecular weight is 469 g/mol. The van der Waals surface area contributed by atoms with Crippen LogP contribution in [0.3, 0.4) is 0 Å². The van der Waals surface area contributed by atoms with Crippen LogP contribution in [0.15, 0.2) is 70.5 Å². The number of hydrogen-bond acceptors (Lipinski definition) is 4. The molecule has 0 heterocycles. The molecule has 2 aromatic rings. The van der Waals surface area contributed by atoms with E-state index in [1.807, 2.05) is 20.8 Å². The number of aliphatic imine (C=N–C) groups is 2. The van der Waals surface area contributed by atoms with Crippen molar-refractivity contribution in [2.45, 2.75) is 39.0 Å². The maximum atomic E-state index is 13.5. The molecule has 0 fully saturated rings. The standard InChI is InChI=1S/C12H14F2N2.C8H10O3S.C2H6.C2H4/c1-4-8(2)16-12(15-3)11-9(13)6-5-7-10(11)14;1-11-7-5-3-4-6-8(7)12(2,9)10;2*1-2/h5-7H,4H2,1-3H3;3-6H,1-2H3;1-2H3;1-2H2. The van der Waals surface area contributed by atoms with Crippen LogP contribution in [-0.4, -0.2) is 40.4 Å². The van der Waals surface area contributed by atoms with Crippen molar-refractivity contribution in [1.29, 1.82) is 0 Å². The van der Waals surface area contributed by atoms with Gasteiger partial charge in [-0.15, -0.1) is 13.2 Å². The van der Waals surface area contributed by atoms with E-state index in [1.165, 1.54) is 38.4 Å². The summed E-state index contributed by atoms with van der Waals surface area (Å²) in [4.78, 5) is 8.14. The van der Waals surface area contributed by atoms with Gasteiger partial charge in [0, 0.05) is 19.0 Å². The number of para-hydroxylation sites is 1. The third kappa shape index (κ3) is 10.4. The van der Waals surface area contributed by atoms with Gasteiger partial charge < -0.3 is 4.74 Å². The van der Waals surface area contributed by atoms with E-state index in [0.29, 0.717) is 5.75 Å². The minimum Gasteiger partial charge on any atom is -0.495 e. The van der Waals surface area contributed by atoms with Crippen LogP contribution in [0.25, 0.3) is 0 Å². The number of rotatable bonds is 4. The summed E-state index contributed by atoms with van der Waals surface area (Å²) in [6.45, 7) is 13.7. The van der Waals surface area contributed by atoms with Crippen LogP contribution in [0, 0.1) is 11.6 Å². The molecule has 0 bridgehead atoms. The molecule has 0 unspecified atom stereocenters. The summed E-state index contributed by atoms with van der Waals surface area (Å²) in [5.74, 6) is -0.809. The zero-order valence-corrected chi connectivity index (χ0v) is 20.8. The summed E-state index contributed by atoms with van der Waals surface area (Å²) in [6, 6.07) is 10.2. The molecule has 0 saturated heterocycles. The van der Waals surface area contributed by atoms with Crippen molar-refractivity contribution in [3.63, 3.8) is 0 Å². The van der Waals surface area contributed by atoms with Gasteiger partial charge in [0.15, 0.2) is 15.7 Å². The Kier molecular flexibility index (Phi) is 16.4. The second-order valence-electron chi connectivity index (χ2n) is 5.77. The molecule has 0 amide bonds. The molecular weight excluding hydrogens is 434 g/mol. The quantitative estimate of drug-likeness (QED) is 0.307. The van der Waals surface area contributed by atoms with Crippen molar-refractivity contribution < 1.29 is 21.9 Å². The van der Waals surface area contributed by atoms with Crippen molar-refractivity contribution in [2.75, 3.05) is 20.4 Å². The second kappa shape index (κ2) is 16.8. The highest BCUT2D eigenvalue weighted by Gasteiger charge is 2.14. The number of hydrogen-bond donors (Lipinski definition) is 0. The lowest BCUT2D eigenvalue weighted by molar-refractivity contribution is 0.403. The maximum Gasteiger partial charge on any atom is 0.179 e. The topological polar surface area (TPSA) is 68.1 Å². The van der Waals surface area contributed by atoms with E-state index in [4.69, 9.17) is 4.74 Å². The summed E-state index contributed by atoms with van der Waals surface area (Å²) in [5.41, 5.74) is 0.612. The van der Waals surface area contributed by atoms with Crippen LogP contribution in [0.5, 0.6) is 5.75 Å². The van der Waals surface area contributed by atoms with Crippen LogP contribution < -0.4 is 4.74 Å². The minimum absolute atomic E-state index is 0.0925. The monoisotopic (exact) mass is 468 g/mol. The molecule has 0 aliphatic carbocycles. The van der Waals surface area contributed by atoms with Crippen molar-refractivity contribution in [1.82, 2.24) is 0 Å². The van der Waals surface area contributed by atoms with Gasteiger partial charge in [0.05, 0.1) is 12.7 Å². The maximum absolute atomic E-state index is 13.5. The van der Waals surface area contributed by atoms with E-state index < -0.39 is 21.5 Å². The predicted molar refractivity (Wildman–Crippen MR) is 131 cm³/mol. The lowest BCUT2D eigenvalue weighted by Gasteiger charge is -2.05. The van der Waals surface area contributed by atoms with Crippen LogP contribution in [0.1, 0.15) is 39.7 Å². The van der Waals surface area contributed by atoms with Crippen molar-refractivity contribution >= 4 is 21.4 Å². The molecule has 2 aromatic carbocycles. The fourth-order valence-electron chi connectivity index (χ4n) is 2.11. The molecule has 0 aliphatic rings. The average Bonchev–Trinajstić information content (AvgIpc) is 2.80. The Morgan fingerprint density at radius 3 is 1.91 bits per heavy atom. The Morgan fingerprint density at radius 1 is 1.03 bits per heavy atom. The molecule has 0 N–H and O–H groups in total. The number of methoxy groups -OCH3 is 1. The summed E-state index contributed by atoms with van der Waals surface area (Å²) >= 11 is 0. The highest BCUT2D eigenvalue weighted by molar-refractivity contribution is 7.90. The first-order chi connectivity index (χ1) is 15.1. The first kappa shape index (κ1) is 31.3. The Bertz CT molecular complexity index is 968. The molecule has 0 radical (unpaired) electrons. The molecule has 8 heteroatoms. The van der Waals surface area contributed by atoms with Crippen LogP contribution in [-0.2, 0) is 9.84 Å². The molecule has 0 aromatic heterocycles. The largest absolute Gasteiger partial charge is 0.495 e. The van der Waals surface area contributed by atoms with Gasteiger partial charge >= 0.3 is 0 Å². The van der Waals surface area contributed by atoms with Crippen LogP contribution in [0.2, 0.25) is 0 Å². The van der Waals surface area contributed by atoms with Gasteiger partial charge in [-0.3, -0.25) is 4.99 Å². The molecule has 0 atom stereocenters. The van der Waals surface area contributed by atoms with Crippen LogP contribution in [0.4, 0.5) is 8.78 Å². The Hall–Kier alpha value is -2.87. The number of halogens is 2. The molecule has 178 valence electrons. The lowest BCUT2D eigenvalue weighted by Crippen LogP contribution is -2.07. The fraction of sp³-hybridized carbons (Fsp3) is 0.333.